The van der Waals surface area contributed by atoms with E-state index in [1.807, 2.05) is 56.6 Å². The van der Waals surface area contributed by atoms with Gasteiger partial charge in [0.2, 0.25) is 11.8 Å². The molecule has 0 radical (unpaired) electrons. The summed E-state index contributed by atoms with van der Waals surface area (Å²) in [7, 11) is 4.01. The second-order valence-corrected chi connectivity index (χ2v) is 13.3. The maximum atomic E-state index is 15.8. The molecule has 48 heavy (non-hydrogen) atoms. The minimum absolute atomic E-state index is 0. The Morgan fingerprint density at radius 3 is 2.15 bits per heavy atom. The van der Waals surface area contributed by atoms with E-state index in [1.165, 1.54) is 4.90 Å². The maximum absolute atomic E-state index is 15.8. The van der Waals surface area contributed by atoms with E-state index in [0.29, 0.717) is 36.8 Å². The number of hydrogen-bond donors (Lipinski definition) is 1. The summed E-state index contributed by atoms with van der Waals surface area (Å²) in [4.78, 5) is 45.4. The third-order valence-electron chi connectivity index (χ3n) is 10.5. The Kier molecular flexibility index (Phi) is 10.4. The summed E-state index contributed by atoms with van der Waals surface area (Å²) in [6.07, 6.45) is 4.29. The summed E-state index contributed by atoms with van der Waals surface area (Å²) >= 11 is 0. The maximum Gasteiger partial charge on any atom is 0.275 e. The van der Waals surface area contributed by atoms with Gasteiger partial charge in [0, 0.05) is 60.8 Å². The summed E-state index contributed by atoms with van der Waals surface area (Å²) in [5, 5.41) is 0. The lowest BCUT2D eigenvalue weighted by Crippen LogP contribution is -2.44. The number of rotatable bonds is 6. The van der Waals surface area contributed by atoms with E-state index in [0.717, 1.165) is 42.9 Å². The SMILES string of the molecule is CN(C)C1CCN(C(=O)C=C2c3ccccc3N(C(=O)c3ccc(C4CCCC4(C(N)=O)c4ccccc4)cc3)CCC2(F)F)CC1.Cl. The summed E-state index contributed by atoms with van der Waals surface area (Å²) in [6.45, 7) is 0.796. The number of primary amides is 1. The summed E-state index contributed by atoms with van der Waals surface area (Å²) in [5.41, 5.74) is 7.52. The number of hydrogen-bond acceptors (Lipinski definition) is 4. The molecule has 2 unspecified atom stereocenters. The van der Waals surface area contributed by atoms with E-state index in [9.17, 15) is 14.4 Å². The molecule has 7 nitrogen and oxygen atoms in total. The first-order valence-corrected chi connectivity index (χ1v) is 16.4. The highest BCUT2D eigenvalue weighted by Gasteiger charge is 2.49. The molecule has 3 amide bonds. The standard InChI is InChI=1S/C38H42F2N4O3.ClH/c1-42(2)29-18-22-43(23-19-29)34(45)25-32-30-11-6-7-13-33(30)44(24-21-38(32,39)40)35(46)27-16-14-26(15-17-27)31-12-8-20-37(31,36(41)47)28-9-4-3-5-10-28;/h3-7,9-11,13-17,25,29,31H,8,12,18-24H2,1-2H3,(H2,41,47);1H. The van der Waals surface area contributed by atoms with Gasteiger partial charge in [-0.1, -0.05) is 67.1 Å². The Morgan fingerprint density at radius 1 is 0.854 bits per heavy atom. The van der Waals surface area contributed by atoms with Crippen LogP contribution in [0.4, 0.5) is 14.5 Å². The molecule has 0 aromatic heterocycles. The van der Waals surface area contributed by atoms with Crippen LogP contribution in [0.1, 0.15) is 71.5 Å². The van der Waals surface area contributed by atoms with Crippen LogP contribution in [0.2, 0.25) is 0 Å². The molecule has 2 aliphatic heterocycles. The van der Waals surface area contributed by atoms with Crippen molar-refractivity contribution in [1.82, 2.24) is 9.80 Å². The van der Waals surface area contributed by atoms with Crippen LogP contribution in [0.15, 0.2) is 84.9 Å². The van der Waals surface area contributed by atoms with Crippen molar-refractivity contribution in [3.8, 4) is 0 Å². The van der Waals surface area contributed by atoms with Gasteiger partial charge in [-0.2, -0.15) is 0 Å². The fourth-order valence-electron chi connectivity index (χ4n) is 7.84. The number of nitrogens with zero attached hydrogens (tertiary/aromatic N) is 3. The predicted octanol–water partition coefficient (Wildman–Crippen LogP) is 6.42. The molecule has 2 fully saturated rings. The van der Waals surface area contributed by atoms with Crippen LogP contribution in [0.5, 0.6) is 0 Å². The van der Waals surface area contributed by atoms with Gasteiger partial charge in [0.1, 0.15) is 0 Å². The minimum Gasteiger partial charge on any atom is -0.369 e. The fraction of sp³-hybridized carbons (Fsp3) is 0.395. The number of piperidine rings is 1. The Hall–Kier alpha value is -4.08. The lowest BCUT2D eigenvalue weighted by Gasteiger charge is -2.35. The van der Waals surface area contributed by atoms with Crippen molar-refractivity contribution in [3.63, 3.8) is 0 Å². The van der Waals surface area contributed by atoms with Crippen molar-refractivity contribution in [2.75, 3.05) is 38.6 Å². The number of alkyl halides is 2. The smallest absolute Gasteiger partial charge is 0.275 e. The highest BCUT2D eigenvalue weighted by Crippen LogP contribution is 2.51. The molecule has 10 heteroatoms. The molecule has 254 valence electrons. The van der Waals surface area contributed by atoms with Crippen LogP contribution in [-0.4, -0.2) is 73.2 Å². The Labute approximate surface area is 287 Å². The lowest BCUT2D eigenvalue weighted by atomic mass is 9.69. The molecule has 2 heterocycles. The number of para-hydroxylation sites is 1. The number of benzene rings is 3. The molecule has 3 aromatic rings. The van der Waals surface area contributed by atoms with Gasteiger partial charge >= 0.3 is 0 Å². The second kappa shape index (κ2) is 14.2. The van der Waals surface area contributed by atoms with Gasteiger partial charge in [-0.05, 0) is 69.1 Å². The van der Waals surface area contributed by atoms with E-state index in [2.05, 4.69) is 4.90 Å². The molecule has 1 saturated carbocycles. The highest BCUT2D eigenvalue weighted by molar-refractivity contribution is 6.09. The van der Waals surface area contributed by atoms with Crippen LogP contribution in [0.3, 0.4) is 0 Å². The van der Waals surface area contributed by atoms with E-state index in [-0.39, 0.29) is 41.9 Å². The molecule has 6 rings (SSSR count). The largest absolute Gasteiger partial charge is 0.369 e. The minimum atomic E-state index is -3.31. The predicted molar refractivity (Wildman–Crippen MR) is 187 cm³/mol. The molecule has 1 aliphatic carbocycles. The first kappa shape index (κ1) is 35.2. The normalized spacial score (nSPS) is 23.4. The number of anilines is 1. The third-order valence-corrected chi connectivity index (χ3v) is 10.5. The Bertz CT molecular complexity index is 1670. The van der Waals surface area contributed by atoms with Crippen LogP contribution < -0.4 is 10.6 Å². The van der Waals surface area contributed by atoms with Gasteiger partial charge in [-0.3, -0.25) is 14.4 Å². The Balaban J connectivity index is 0.00000451. The number of amides is 3. The van der Waals surface area contributed by atoms with Gasteiger partial charge in [0.25, 0.3) is 11.8 Å². The molecule has 1 saturated heterocycles. The summed E-state index contributed by atoms with van der Waals surface area (Å²) in [6, 6.07) is 23.7. The third kappa shape index (κ3) is 6.50. The number of carbonyl (C=O) groups is 3. The molecular formula is C38H43ClF2N4O3. The first-order chi connectivity index (χ1) is 22.5. The molecule has 2 N–H and O–H groups in total. The van der Waals surface area contributed by atoms with Crippen molar-refractivity contribution in [2.24, 2.45) is 5.73 Å². The van der Waals surface area contributed by atoms with Crippen molar-refractivity contribution >= 4 is 41.4 Å². The molecule has 2 atom stereocenters. The number of likely N-dealkylation sites (tertiary alicyclic amines) is 1. The zero-order valence-corrected chi connectivity index (χ0v) is 28.2. The molecule has 0 spiro atoms. The van der Waals surface area contributed by atoms with Crippen LogP contribution in [0.25, 0.3) is 5.57 Å². The number of fused-ring (bicyclic) bond motifs is 1. The van der Waals surface area contributed by atoms with Crippen LogP contribution >= 0.6 is 12.4 Å². The van der Waals surface area contributed by atoms with Gasteiger partial charge in [-0.25, -0.2) is 8.78 Å². The number of allylic oxidation sites excluding steroid dienone is 1. The van der Waals surface area contributed by atoms with Gasteiger partial charge in [0.05, 0.1) is 11.1 Å². The van der Waals surface area contributed by atoms with Crippen molar-refractivity contribution in [1.29, 1.82) is 0 Å². The zero-order chi connectivity index (χ0) is 33.3. The topological polar surface area (TPSA) is 86.9 Å². The summed E-state index contributed by atoms with van der Waals surface area (Å²) < 4.78 is 31.6. The number of halogens is 3. The molecule has 3 aromatic carbocycles. The van der Waals surface area contributed by atoms with Crippen molar-refractivity contribution < 1.29 is 23.2 Å². The van der Waals surface area contributed by atoms with Crippen LogP contribution in [-0.2, 0) is 15.0 Å². The quantitative estimate of drug-likeness (QED) is 0.306. The lowest BCUT2D eigenvalue weighted by molar-refractivity contribution is -0.127. The first-order valence-electron chi connectivity index (χ1n) is 16.4. The monoisotopic (exact) mass is 676 g/mol. The highest BCUT2D eigenvalue weighted by atomic mass is 35.5. The van der Waals surface area contributed by atoms with Gasteiger partial charge in [0.15, 0.2) is 0 Å². The average molecular weight is 677 g/mol. The van der Waals surface area contributed by atoms with Gasteiger partial charge in [-0.15, -0.1) is 12.4 Å². The summed E-state index contributed by atoms with van der Waals surface area (Å²) in [5.74, 6) is -4.67. The zero-order valence-electron chi connectivity index (χ0n) is 27.4. The van der Waals surface area contributed by atoms with Crippen LogP contribution in [0, 0.1) is 0 Å². The molecular weight excluding hydrogens is 634 g/mol. The average Bonchev–Trinajstić information content (AvgIpc) is 3.50. The number of nitrogens with two attached hydrogens (primary N) is 1. The molecule has 0 bridgehead atoms. The van der Waals surface area contributed by atoms with E-state index in [1.54, 1.807) is 41.3 Å². The fourth-order valence-corrected chi connectivity index (χ4v) is 7.84. The van der Waals surface area contributed by atoms with Crippen molar-refractivity contribution in [2.45, 2.75) is 61.8 Å². The van der Waals surface area contributed by atoms with E-state index >= 15 is 8.78 Å². The Morgan fingerprint density at radius 2 is 1.50 bits per heavy atom. The van der Waals surface area contributed by atoms with Gasteiger partial charge < -0.3 is 20.4 Å². The second-order valence-electron chi connectivity index (χ2n) is 13.3. The van der Waals surface area contributed by atoms with E-state index < -0.39 is 29.6 Å². The molecule has 3 aliphatic rings. The van der Waals surface area contributed by atoms with Crippen molar-refractivity contribution in [3.05, 3.63) is 107 Å². The number of carbonyl (C=O) groups excluding carboxylic acids is 3. The van der Waals surface area contributed by atoms with E-state index in [4.69, 9.17) is 5.73 Å².